The average Bonchev–Trinajstić information content (AvgIpc) is 2.82. The van der Waals surface area contributed by atoms with E-state index in [9.17, 15) is 14.7 Å². The molecule has 0 radical (unpaired) electrons. The average molecular weight is 429 g/mol. The van der Waals surface area contributed by atoms with Crippen LogP contribution in [-0.4, -0.2) is 28.0 Å². The Hall–Kier alpha value is -4.59. The number of benzene rings is 3. The lowest BCUT2D eigenvalue weighted by Gasteiger charge is -2.15. The number of carbonyl (C=O) groups is 1. The highest BCUT2D eigenvalue weighted by atomic mass is 16.5. The molecule has 8 heteroatoms. The zero-order valence-electron chi connectivity index (χ0n) is 17.1. The van der Waals surface area contributed by atoms with Crippen molar-refractivity contribution in [2.45, 2.75) is 0 Å². The summed E-state index contributed by atoms with van der Waals surface area (Å²) in [5.41, 5.74) is 0.688. The first-order valence-electron chi connectivity index (χ1n) is 9.65. The van der Waals surface area contributed by atoms with Gasteiger partial charge in [0.2, 0.25) is 0 Å². The quantitative estimate of drug-likeness (QED) is 0.447. The first-order valence-corrected chi connectivity index (χ1v) is 9.65. The van der Waals surface area contributed by atoms with E-state index >= 15 is 0 Å². The van der Waals surface area contributed by atoms with Crippen LogP contribution in [0, 0.1) is 0 Å². The van der Waals surface area contributed by atoms with E-state index in [1.807, 2.05) is 18.2 Å². The molecule has 0 bridgehead atoms. The van der Waals surface area contributed by atoms with Crippen molar-refractivity contribution in [3.8, 4) is 22.9 Å². The highest BCUT2D eigenvalue weighted by molar-refractivity contribution is 5.89. The number of carboxylic acid groups (broad SMARTS) is 1. The van der Waals surface area contributed by atoms with Crippen molar-refractivity contribution in [3.63, 3.8) is 0 Å². The molecule has 1 aromatic heterocycles. The molecule has 0 spiro atoms. The van der Waals surface area contributed by atoms with Crippen molar-refractivity contribution in [2.75, 3.05) is 12.4 Å². The summed E-state index contributed by atoms with van der Waals surface area (Å²) >= 11 is 0. The Kier molecular flexibility index (Phi) is 5.85. The van der Waals surface area contributed by atoms with Crippen molar-refractivity contribution in [2.24, 2.45) is 0 Å². The molecule has 2 N–H and O–H groups in total. The number of aromatic nitrogens is 2. The summed E-state index contributed by atoms with van der Waals surface area (Å²) < 4.78 is 12.3. The van der Waals surface area contributed by atoms with Crippen molar-refractivity contribution in [1.29, 1.82) is 0 Å². The van der Waals surface area contributed by atoms with E-state index < -0.39 is 11.5 Å². The molecular weight excluding hydrogens is 410 g/mol. The number of nitrogens with zero attached hydrogens (tertiary/aromatic N) is 2. The summed E-state index contributed by atoms with van der Waals surface area (Å²) in [6.07, 6.45) is 1.43. The van der Waals surface area contributed by atoms with E-state index in [0.717, 1.165) is 0 Å². The fourth-order valence-corrected chi connectivity index (χ4v) is 3.03. The van der Waals surface area contributed by atoms with Crippen LogP contribution >= 0.6 is 0 Å². The molecular formula is C24H19N3O5. The molecule has 0 fully saturated rings. The van der Waals surface area contributed by atoms with Gasteiger partial charge in [-0.3, -0.25) is 4.79 Å². The second-order valence-electron chi connectivity index (χ2n) is 6.72. The lowest BCUT2D eigenvalue weighted by Crippen LogP contribution is -2.24. The number of anilines is 2. The van der Waals surface area contributed by atoms with Gasteiger partial charge in [0, 0.05) is 5.69 Å². The molecule has 0 amide bonds. The summed E-state index contributed by atoms with van der Waals surface area (Å²) in [4.78, 5) is 24.7. The summed E-state index contributed by atoms with van der Waals surface area (Å²) in [6.45, 7) is 0. The fraction of sp³-hybridized carbons (Fsp3) is 0.0417. The van der Waals surface area contributed by atoms with Gasteiger partial charge < -0.3 is 19.9 Å². The van der Waals surface area contributed by atoms with Crippen molar-refractivity contribution >= 4 is 17.3 Å². The maximum atomic E-state index is 13.4. The third-order valence-electron chi connectivity index (χ3n) is 4.61. The number of methoxy groups -OCH3 is 1. The molecule has 0 saturated heterocycles. The van der Waals surface area contributed by atoms with E-state index in [1.165, 1.54) is 23.0 Å². The molecule has 0 saturated carbocycles. The molecule has 160 valence electrons. The first kappa shape index (κ1) is 20.7. The molecule has 1 heterocycles. The first-order chi connectivity index (χ1) is 15.5. The molecule has 0 aliphatic carbocycles. The van der Waals surface area contributed by atoms with E-state index in [-0.39, 0.29) is 17.0 Å². The van der Waals surface area contributed by atoms with Crippen LogP contribution < -0.4 is 20.3 Å². The van der Waals surface area contributed by atoms with Gasteiger partial charge >= 0.3 is 5.97 Å². The number of carboxylic acids is 1. The number of para-hydroxylation sites is 1. The molecule has 0 unspecified atom stereocenters. The molecule has 0 aliphatic rings. The number of hydrogen-bond acceptors (Lipinski definition) is 6. The molecule has 0 atom stereocenters. The minimum absolute atomic E-state index is 0.0880. The summed E-state index contributed by atoms with van der Waals surface area (Å²) in [7, 11) is 1.56. The molecule has 32 heavy (non-hydrogen) atoms. The number of rotatable bonds is 7. The third kappa shape index (κ3) is 4.44. The van der Waals surface area contributed by atoms with E-state index in [0.29, 0.717) is 22.9 Å². The van der Waals surface area contributed by atoms with Crippen LogP contribution in [0.3, 0.4) is 0 Å². The van der Waals surface area contributed by atoms with Gasteiger partial charge in [-0.15, -0.1) is 0 Å². The topological polar surface area (TPSA) is 103 Å². The van der Waals surface area contributed by atoms with Crippen LogP contribution in [0.5, 0.6) is 17.2 Å². The number of hydrogen-bond donors (Lipinski definition) is 2. The third-order valence-corrected chi connectivity index (χ3v) is 4.61. The summed E-state index contributed by atoms with van der Waals surface area (Å²) in [5, 5.41) is 16.5. The Bertz CT molecular complexity index is 1300. The maximum absolute atomic E-state index is 13.4. The lowest BCUT2D eigenvalue weighted by molar-refractivity contribution is 0.0697. The second-order valence-corrected chi connectivity index (χ2v) is 6.72. The Labute approximate surface area is 183 Å². The normalized spacial score (nSPS) is 10.4. The van der Waals surface area contributed by atoms with Gasteiger partial charge in [0.05, 0.1) is 24.6 Å². The number of ether oxygens (including phenoxy) is 2. The maximum Gasteiger partial charge on any atom is 0.335 e. The standard InChI is InChI=1S/C24H19N3O5/c1-31-19-12-10-18(11-13-19)27-23(28)22(26-17-7-5-6-16(14-17)24(29)30)21(15-25-27)32-20-8-3-2-4-9-20/h2-15,26H,1H3,(H,29,30). The van der Waals surface area contributed by atoms with Gasteiger partial charge in [-0.2, -0.15) is 9.78 Å². The fourth-order valence-electron chi connectivity index (χ4n) is 3.03. The number of aromatic carboxylic acids is 1. The van der Waals surface area contributed by atoms with Gasteiger partial charge in [0.15, 0.2) is 11.4 Å². The Morgan fingerprint density at radius 3 is 2.41 bits per heavy atom. The Morgan fingerprint density at radius 2 is 1.72 bits per heavy atom. The lowest BCUT2D eigenvalue weighted by atomic mass is 10.2. The van der Waals surface area contributed by atoms with Crippen LogP contribution in [-0.2, 0) is 0 Å². The predicted octanol–water partition coefficient (Wildman–Crippen LogP) is 4.48. The zero-order valence-corrected chi connectivity index (χ0v) is 17.1. The molecule has 4 rings (SSSR count). The molecule has 4 aromatic rings. The van der Waals surface area contributed by atoms with Crippen molar-refractivity contribution < 1.29 is 19.4 Å². The monoisotopic (exact) mass is 429 g/mol. The smallest absolute Gasteiger partial charge is 0.335 e. The second kappa shape index (κ2) is 9.05. The Balaban J connectivity index is 1.79. The SMILES string of the molecule is COc1ccc(-n2ncc(Oc3ccccc3)c(Nc3cccc(C(=O)O)c3)c2=O)cc1. The van der Waals surface area contributed by atoms with Crippen molar-refractivity contribution in [1.82, 2.24) is 9.78 Å². The minimum atomic E-state index is -1.07. The van der Waals surface area contributed by atoms with Crippen LogP contribution in [0.25, 0.3) is 5.69 Å². The van der Waals surface area contributed by atoms with Gasteiger partial charge in [-0.1, -0.05) is 24.3 Å². The Morgan fingerprint density at radius 1 is 0.969 bits per heavy atom. The molecule has 3 aromatic carbocycles. The van der Waals surface area contributed by atoms with E-state index in [2.05, 4.69) is 10.4 Å². The van der Waals surface area contributed by atoms with Gasteiger partial charge in [0.1, 0.15) is 11.5 Å². The minimum Gasteiger partial charge on any atom is -0.497 e. The van der Waals surface area contributed by atoms with Crippen LogP contribution in [0.1, 0.15) is 10.4 Å². The number of nitrogens with one attached hydrogen (secondary N) is 1. The highest BCUT2D eigenvalue weighted by Gasteiger charge is 2.16. The summed E-state index contributed by atoms with van der Waals surface area (Å²) in [6, 6.07) is 22.0. The largest absolute Gasteiger partial charge is 0.497 e. The highest BCUT2D eigenvalue weighted by Crippen LogP contribution is 2.29. The molecule has 8 nitrogen and oxygen atoms in total. The van der Waals surface area contributed by atoms with E-state index in [1.54, 1.807) is 55.6 Å². The zero-order chi connectivity index (χ0) is 22.5. The van der Waals surface area contributed by atoms with Gasteiger partial charge in [0.25, 0.3) is 5.56 Å². The van der Waals surface area contributed by atoms with Crippen LogP contribution in [0.15, 0.2) is 89.9 Å². The van der Waals surface area contributed by atoms with Crippen LogP contribution in [0.4, 0.5) is 11.4 Å². The molecule has 0 aliphatic heterocycles. The van der Waals surface area contributed by atoms with Gasteiger partial charge in [-0.05, 0) is 54.6 Å². The van der Waals surface area contributed by atoms with Gasteiger partial charge in [-0.25, -0.2) is 4.79 Å². The van der Waals surface area contributed by atoms with E-state index in [4.69, 9.17) is 9.47 Å². The summed E-state index contributed by atoms with van der Waals surface area (Å²) in [5.74, 6) is 0.305. The predicted molar refractivity (Wildman–Crippen MR) is 120 cm³/mol. The van der Waals surface area contributed by atoms with Crippen LogP contribution in [0.2, 0.25) is 0 Å². The van der Waals surface area contributed by atoms with Crippen molar-refractivity contribution in [3.05, 3.63) is 101 Å².